The summed E-state index contributed by atoms with van der Waals surface area (Å²) in [7, 11) is 0. The normalized spacial score (nSPS) is 15.5. The highest BCUT2D eigenvalue weighted by molar-refractivity contribution is 6.22. The molecule has 0 spiro atoms. The van der Waals surface area contributed by atoms with Crippen LogP contribution < -0.4 is 15.0 Å². The fourth-order valence-corrected chi connectivity index (χ4v) is 3.85. The second-order valence-corrected chi connectivity index (χ2v) is 7.78. The van der Waals surface area contributed by atoms with Crippen molar-refractivity contribution in [2.45, 2.75) is 25.9 Å². The van der Waals surface area contributed by atoms with E-state index >= 15 is 0 Å². The summed E-state index contributed by atoms with van der Waals surface area (Å²) in [5, 5.41) is 2.76. The number of ether oxygens (including phenoxy) is 1. The molecule has 1 N–H and O–H groups in total. The minimum atomic E-state index is -1.03. The fraction of sp³-hybridized carbons (Fsp3) is 0.192. The Balaban J connectivity index is 1.55. The molecule has 174 valence electrons. The number of urea groups is 1. The number of rotatable bonds is 8. The molecule has 34 heavy (non-hydrogen) atoms. The average Bonchev–Trinajstić information content (AvgIpc) is 3.05. The molecule has 1 aliphatic rings. The van der Waals surface area contributed by atoms with Gasteiger partial charge in [-0.25, -0.2) is 14.1 Å². The maximum Gasteiger partial charge on any atom is 0.332 e. The number of para-hydroxylation sites is 1. The van der Waals surface area contributed by atoms with Crippen LogP contribution in [0.4, 0.5) is 20.6 Å². The molecule has 0 saturated carbocycles. The minimum Gasteiger partial charge on any atom is -0.494 e. The van der Waals surface area contributed by atoms with Gasteiger partial charge in [0.2, 0.25) is 5.91 Å². The Kier molecular flexibility index (Phi) is 6.87. The van der Waals surface area contributed by atoms with E-state index in [0.717, 1.165) is 4.90 Å². The molecule has 0 bridgehead atoms. The van der Waals surface area contributed by atoms with Gasteiger partial charge in [-0.05, 0) is 61.0 Å². The molecule has 1 atom stereocenters. The number of anilines is 2. The van der Waals surface area contributed by atoms with E-state index in [1.54, 1.807) is 60.7 Å². The van der Waals surface area contributed by atoms with Crippen molar-refractivity contribution >= 4 is 29.2 Å². The van der Waals surface area contributed by atoms with E-state index in [1.165, 1.54) is 23.1 Å². The van der Waals surface area contributed by atoms with Gasteiger partial charge in [-0.3, -0.25) is 9.59 Å². The van der Waals surface area contributed by atoms with Crippen LogP contribution in [0.2, 0.25) is 0 Å². The Labute approximate surface area is 196 Å². The van der Waals surface area contributed by atoms with Crippen molar-refractivity contribution in [3.63, 3.8) is 0 Å². The van der Waals surface area contributed by atoms with Crippen LogP contribution in [0.15, 0.2) is 78.9 Å². The van der Waals surface area contributed by atoms with Crippen molar-refractivity contribution in [2.24, 2.45) is 0 Å². The summed E-state index contributed by atoms with van der Waals surface area (Å²) in [6, 6.07) is 19.6. The van der Waals surface area contributed by atoms with Gasteiger partial charge in [0.1, 0.15) is 17.6 Å². The lowest BCUT2D eigenvalue weighted by Gasteiger charge is -2.21. The monoisotopic (exact) mass is 461 g/mol. The van der Waals surface area contributed by atoms with Crippen molar-refractivity contribution in [1.82, 2.24) is 4.90 Å². The molecule has 4 amide bonds. The van der Waals surface area contributed by atoms with Crippen molar-refractivity contribution in [2.75, 3.05) is 16.8 Å². The molecule has 8 heteroatoms. The van der Waals surface area contributed by atoms with Crippen LogP contribution in [0, 0.1) is 5.82 Å². The van der Waals surface area contributed by atoms with Gasteiger partial charge in [0.25, 0.3) is 5.91 Å². The number of benzene rings is 3. The molecule has 7 nitrogen and oxygen atoms in total. The number of hydrogen-bond acceptors (Lipinski definition) is 4. The van der Waals surface area contributed by atoms with Gasteiger partial charge in [0.15, 0.2) is 0 Å². The summed E-state index contributed by atoms with van der Waals surface area (Å²) in [4.78, 5) is 41.7. The first-order valence-electron chi connectivity index (χ1n) is 10.9. The Hall–Kier alpha value is -4.20. The molecule has 0 aliphatic carbocycles. The first-order valence-corrected chi connectivity index (χ1v) is 10.9. The van der Waals surface area contributed by atoms with Gasteiger partial charge in [0, 0.05) is 12.2 Å². The SMILES string of the molecule is CCOc1ccc(NC(=O)C[C@@H]2C(=O)N(c3ccccc3)C(=O)N2Cc2cccc(F)c2)cc1. The molecular formula is C26H24FN3O4. The third kappa shape index (κ3) is 5.06. The van der Waals surface area contributed by atoms with Crippen LogP contribution in [0.3, 0.4) is 0 Å². The van der Waals surface area contributed by atoms with E-state index in [1.807, 2.05) is 6.92 Å². The molecule has 3 aromatic carbocycles. The van der Waals surface area contributed by atoms with Gasteiger partial charge in [-0.1, -0.05) is 30.3 Å². The number of carbonyl (C=O) groups is 3. The number of nitrogens with one attached hydrogen (secondary N) is 1. The third-order valence-electron chi connectivity index (χ3n) is 5.40. The lowest BCUT2D eigenvalue weighted by atomic mass is 10.1. The Morgan fingerprint density at radius 3 is 2.41 bits per heavy atom. The van der Waals surface area contributed by atoms with Gasteiger partial charge in [0.05, 0.1) is 18.7 Å². The summed E-state index contributed by atoms with van der Waals surface area (Å²) < 4.78 is 19.1. The molecule has 3 aromatic rings. The number of amides is 4. The molecule has 0 radical (unpaired) electrons. The summed E-state index contributed by atoms with van der Waals surface area (Å²) in [6.07, 6.45) is -0.240. The van der Waals surface area contributed by atoms with E-state index in [4.69, 9.17) is 4.74 Å². The standard InChI is InChI=1S/C26H24FN3O4/c1-2-34-22-13-11-20(12-14-22)28-24(31)16-23-25(32)30(21-9-4-3-5-10-21)26(33)29(23)17-18-7-6-8-19(27)15-18/h3-15,23H,2,16-17H2,1H3,(H,28,31)/t23-/m1/s1. The van der Waals surface area contributed by atoms with E-state index in [0.29, 0.717) is 29.3 Å². The molecule has 1 aliphatic heterocycles. The molecule has 0 unspecified atom stereocenters. The number of halogens is 1. The van der Waals surface area contributed by atoms with Gasteiger partial charge >= 0.3 is 6.03 Å². The van der Waals surface area contributed by atoms with E-state index < -0.39 is 29.7 Å². The summed E-state index contributed by atoms with van der Waals surface area (Å²) in [5.74, 6) is -0.694. The zero-order valence-electron chi connectivity index (χ0n) is 18.6. The van der Waals surface area contributed by atoms with Crippen molar-refractivity contribution in [3.8, 4) is 5.75 Å². The molecule has 1 fully saturated rings. The molecule has 1 saturated heterocycles. The second kappa shape index (κ2) is 10.2. The smallest absolute Gasteiger partial charge is 0.332 e. The number of hydrogen-bond donors (Lipinski definition) is 1. The number of carbonyl (C=O) groups excluding carboxylic acids is 3. The molecular weight excluding hydrogens is 437 g/mol. The Bertz CT molecular complexity index is 1180. The van der Waals surface area contributed by atoms with Crippen molar-refractivity contribution < 1.29 is 23.5 Å². The van der Waals surface area contributed by atoms with Crippen LogP contribution in [0.1, 0.15) is 18.9 Å². The molecule has 0 aromatic heterocycles. The summed E-state index contributed by atoms with van der Waals surface area (Å²) in [5.41, 5.74) is 1.48. The van der Waals surface area contributed by atoms with Crippen molar-refractivity contribution in [1.29, 1.82) is 0 Å². The van der Waals surface area contributed by atoms with Crippen LogP contribution in [0.25, 0.3) is 0 Å². The third-order valence-corrected chi connectivity index (χ3v) is 5.40. The number of nitrogens with zero attached hydrogens (tertiary/aromatic N) is 2. The first-order chi connectivity index (χ1) is 16.5. The van der Waals surface area contributed by atoms with E-state index in [2.05, 4.69) is 5.32 Å². The maximum absolute atomic E-state index is 13.7. The topological polar surface area (TPSA) is 79.0 Å². The highest BCUT2D eigenvalue weighted by Gasteiger charge is 2.46. The minimum absolute atomic E-state index is 0.00727. The molecule has 1 heterocycles. The average molecular weight is 461 g/mol. The summed E-state index contributed by atoms with van der Waals surface area (Å²) in [6.45, 7) is 2.40. The lowest BCUT2D eigenvalue weighted by Crippen LogP contribution is -2.37. The van der Waals surface area contributed by atoms with Crippen LogP contribution in [-0.2, 0) is 16.1 Å². The first kappa shape index (κ1) is 23.0. The lowest BCUT2D eigenvalue weighted by molar-refractivity contribution is -0.124. The molecule has 4 rings (SSSR count). The van der Waals surface area contributed by atoms with Crippen LogP contribution >= 0.6 is 0 Å². The van der Waals surface area contributed by atoms with E-state index in [9.17, 15) is 18.8 Å². The van der Waals surface area contributed by atoms with Crippen LogP contribution in [-0.4, -0.2) is 35.4 Å². The van der Waals surface area contributed by atoms with E-state index in [-0.39, 0.29) is 13.0 Å². The maximum atomic E-state index is 13.7. The predicted molar refractivity (Wildman–Crippen MR) is 126 cm³/mol. The highest BCUT2D eigenvalue weighted by atomic mass is 19.1. The second-order valence-electron chi connectivity index (χ2n) is 7.78. The predicted octanol–water partition coefficient (Wildman–Crippen LogP) is 4.59. The van der Waals surface area contributed by atoms with Gasteiger partial charge in [-0.15, -0.1) is 0 Å². The van der Waals surface area contributed by atoms with Crippen molar-refractivity contribution in [3.05, 3.63) is 90.2 Å². The zero-order chi connectivity index (χ0) is 24.1. The summed E-state index contributed by atoms with van der Waals surface area (Å²) >= 11 is 0. The van der Waals surface area contributed by atoms with Gasteiger partial charge in [-0.2, -0.15) is 0 Å². The highest BCUT2D eigenvalue weighted by Crippen LogP contribution is 2.28. The largest absolute Gasteiger partial charge is 0.494 e. The van der Waals surface area contributed by atoms with Gasteiger partial charge < -0.3 is 15.0 Å². The number of imide groups is 1. The fourth-order valence-electron chi connectivity index (χ4n) is 3.85. The Morgan fingerprint density at radius 1 is 1.00 bits per heavy atom. The Morgan fingerprint density at radius 2 is 1.74 bits per heavy atom. The zero-order valence-corrected chi connectivity index (χ0v) is 18.6. The quantitative estimate of drug-likeness (QED) is 0.498. The van der Waals surface area contributed by atoms with Crippen LogP contribution in [0.5, 0.6) is 5.75 Å².